The van der Waals surface area contributed by atoms with E-state index in [0.29, 0.717) is 55.3 Å². The minimum atomic E-state index is -1.09. The number of aliphatic hydroxyl groups is 1. The number of aliphatic hydroxyl groups excluding tert-OH is 1. The number of anilines is 3. The highest BCUT2D eigenvalue weighted by atomic mass is 19.2. The van der Waals surface area contributed by atoms with Gasteiger partial charge in [0.15, 0.2) is 11.6 Å². The van der Waals surface area contributed by atoms with Gasteiger partial charge in [0.25, 0.3) is 5.91 Å². The summed E-state index contributed by atoms with van der Waals surface area (Å²) in [6, 6.07) is 16.1. The molecule has 3 amide bonds. The van der Waals surface area contributed by atoms with Gasteiger partial charge in [0.1, 0.15) is 0 Å². The van der Waals surface area contributed by atoms with Crippen molar-refractivity contribution < 1.29 is 28.2 Å². The van der Waals surface area contributed by atoms with Crippen molar-refractivity contribution in [3.05, 3.63) is 89.5 Å². The van der Waals surface area contributed by atoms with E-state index in [0.717, 1.165) is 12.1 Å². The number of hydrogen-bond acceptors (Lipinski definition) is 6. The van der Waals surface area contributed by atoms with Crippen molar-refractivity contribution in [1.82, 2.24) is 9.80 Å². The van der Waals surface area contributed by atoms with Gasteiger partial charge >= 0.3 is 6.03 Å². The second-order valence-electron chi connectivity index (χ2n) is 9.24. The van der Waals surface area contributed by atoms with Gasteiger partial charge in [0.05, 0.1) is 30.7 Å². The van der Waals surface area contributed by atoms with Crippen molar-refractivity contribution in [3.8, 4) is 0 Å². The lowest BCUT2D eigenvalue weighted by Crippen LogP contribution is -2.46. The molecule has 1 unspecified atom stereocenters. The average molecular weight is 540 g/mol. The molecule has 3 aromatic carbocycles. The molecule has 1 saturated heterocycles. The Balaban J connectivity index is 1.44. The SMILES string of the molecule is Nc1ccccc1NC(=O)c1ccc(CN(CC(O)CN2CCOCC2)C(=O)Nc2ccc(F)c(F)c2)cc1. The van der Waals surface area contributed by atoms with E-state index < -0.39 is 23.8 Å². The third kappa shape index (κ3) is 7.96. The van der Waals surface area contributed by atoms with Gasteiger partial charge in [-0.25, -0.2) is 13.6 Å². The van der Waals surface area contributed by atoms with Crippen molar-refractivity contribution in [2.75, 3.05) is 55.8 Å². The zero-order valence-corrected chi connectivity index (χ0v) is 21.3. The monoisotopic (exact) mass is 539 g/mol. The number of nitrogens with zero attached hydrogens (tertiary/aromatic N) is 2. The normalized spacial score (nSPS) is 14.4. The van der Waals surface area contributed by atoms with Crippen LogP contribution in [0.5, 0.6) is 0 Å². The maximum absolute atomic E-state index is 13.7. The van der Waals surface area contributed by atoms with Gasteiger partial charge in [-0.05, 0) is 42.0 Å². The highest BCUT2D eigenvalue weighted by Gasteiger charge is 2.22. The van der Waals surface area contributed by atoms with Crippen molar-refractivity contribution in [3.63, 3.8) is 0 Å². The molecular weight excluding hydrogens is 508 g/mol. The zero-order valence-electron chi connectivity index (χ0n) is 21.3. The van der Waals surface area contributed by atoms with Crippen LogP contribution in [-0.2, 0) is 11.3 Å². The summed E-state index contributed by atoms with van der Waals surface area (Å²) < 4.78 is 32.3. The number of β-amino-alcohol motifs (C(OH)–C–C–N with tert-alkyl or cyclic N) is 1. The molecule has 9 nitrogen and oxygen atoms in total. The number of morpholine rings is 1. The van der Waals surface area contributed by atoms with Gasteiger partial charge in [-0.2, -0.15) is 0 Å². The lowest BCUT2D eigenvalue weighted by Gasteiger charge is -2.31. The Morgan fingerprint density at radius 3 is 2.41 bits per heavy atom. The minimum Gasteiger partial charge on any atom is -0.397 e. The lowest BCUT2D eigenvalue weighted by atomic mass is 10.1. The van der Waals surface area contributed by atoms with Crippen molar-refractivity contribution in [2.45, 2.75) is 12.6 Å². The number of nitrogens with one attached hydrogen (secondary N) is 2. The second kappa shape index (κ2) is 13.1. The van der Waals surface area contributed by atoms with E-state index in [1.54, 1.807) is 48.5 Å². The van der Waals surface area contributed by atoms with Crippen molar-refractivity contribution >= 4 is 29.0 Å². The summed E-state index contributed by atoms with van der Waals surface area (Å²) in [6.45, 7) is 2.94. The number of halogens is 2. The van der Waals surface area contributed by atoms with Crippen LogP contribution >= 0.6 is 0 Å². The standard InChI is InChI=1S/C28H31F2N5O4/c29-23-10-9-21(15-24(23)30)32-28(38)35(18-22(36)17-34-11-13-39-14-12-34)16-19-5-7-20(8-6-19)27(37)33-26-4-2-1-3-25(26)31/h1-10,15,22,36H,11-14,16-18,31H2,(H,32,38)(H,33,37). The van der Waals surface area contributed by atoms with Crippen LogP contribution in [-0.4, -0.2) is 72.3 Å². The first-order chi connectivity index (χ1) is 18.8. The number of nitrogens with two attached hydrogens (primary N) is 1. The van der Waals surface area contributed by atoms with Crippen LogP contribution in [0, 0.1) is 11.6 Å². The molecule has 39 heavy (non-hydrogen) atoms. The van der Waals surface area contributed by atoms with Crippen LogP contribution in [0.25, 0.3) is 0 Å². The number of amides is 3. The number of carbonyl (C=O) groups excluding carboxylic acids is 2. The van der Waals surface area contributed by atoms with E-state index in [4.69, 9.17) is 10.5 Å². The fraction of sp³-hybridized carbons (Fsp3) is 0.286. The molecular formula is C28H31F2N5O4. The molecule has 1 heterocycles. The fourth-order valence-electron chi connectivity index (χ4n) is 4.18. The number of para-hydroxylation sites is 2. The van der Waals surface area contributed by atoms with E-state index in [-0.39, 0.29) is 24.7 Å². The maximum Gasteiger partial charge on any atom is 0.322 e. The van der Waals surface area contributed by atoms with Crippen molar-refractivity contribution in [2.24, 2.45) is 0 Å². The molecule has 0 aliphatic carbocycles. The molecule has 4 rings (SSSR count). The lowest BCUT2D eigenvalue weighted by molar-refractivity contribution is 0.00941. The molecule has 11 heteroatoms. The molecule has 0 aromatic heterocycles. The third-order valence-electron chi connectivity index (χ3n) is 6.26. The first-order valence-electron chi connectivity index (χ1n) is 12.5. The first kappa shape index (κ1) is 28.0. The smallest absolute Gasteiger partial charge is 0.322 e. The van der Waals surface area contributed by atoms with E-state index in [1.165, 1.54) is 11.0 Å². The van der Waals surface area contributed by atoms with Crippen LogP contribution in [0.2, 0.25) is 0 Å². The Bertz CT molecular complexity index is 1290. The van der Waals surface area contributed by atoms with E-state index in [9.17, 15) is 23.5 Å². The number of benzene rings is 3. The summed E-state index contributed by atoms with van der Waals surface area (Å²) in [5.74, 6) is -2.45. The molecule has 1 fully saturated rings. The van der Waals surface area contributed by atoms with Crippen LogP contribution in [0.4, 0.5) is 30.6 Å². The molecule has 0 saturated carbocycles. The van der Waals surface area contributed by atoms with Crippen LogP contribution in [0.1, 0.15) is 15.9 Å². The van der Waals surface area contributed by atoms with Gasteiger partial charge in [-0.3, -0.25) is 9.69 Å². The molecule has 1 atom stereocenters. The Morgan fingerprint density at radius 2 is 1.72 bits per heavy atom. The number of nitrogen functional groups attached to an aromatic ring is 1. The quantitative estimate of drug-likeness (QED) is 0.309. The number of carbonyl (C=O) groups is 2. The van der Waals surface area contributed by atoms with E-state index in [2.05, 4.69) is 10.6 Å². The molecule has 206 valence electrons. The molecule has 1 aliphatic rings. The summed E-state index contributed by atoms with van der Waals surface area (Å²) >= 11 is 0. The van der Waals surface area contributed by atoms with Gasteiger partial charge in [-0.15, -0.1) is 0 Å². The fourth-order valence-corrected chi connectivity index (χ4v) is 4.18. The average Bonchev–Trinajstić information content (AvgIpc) is 2.92. The number of hydrogen-bond donors (Lipinski definition) is 4. The molecule has 0 radical (unpaired) electrons. The van der Waals surface area contributed by atoms with Crippen LogP contribution < -0.4 is 16.4 Å². The van der Waals surface area contributed by atoms with Gasteiger partial charge < -0.3 is 31.1 Å². The van der Waals surface area contributed by atoms with E-state index in [1.807, 2.05) is 4.90 Å². The number of urea groups is 1. The topological polar surface area (TPSA) is 120 Å². The Kier molecular flexibility index (Phi) is 9.42. The first-order valence-corrected chi connectivity index (χ1v) is 12.5. The van der Waals surface area contributed by atoms with Gasteiger partial charge in [-0.1, -0.05) is 24.3 Å². The van der Waals surface area contributed by atoms with Crippen molar-refractivity contribution in [1.29, 1.82) is 0 Å². The molecule has 0 spiro atoms. The highest BCUT2D eigenvalue weighted by molar-refractivity contribution is 6.05. The largest absolute Gasteiger partial charge is 0.397 e. The maximum atomic E-state index is 13.7. The Hall–Kier alpha value is -4.06. The Morgan fingerprint density at radius 1 is 1.00 bits per heavy atom. The molecule has 5 N–H and O–H groups in total. The predicted octanol–water partition coefficient (Wildman–Crippen LogP) is 3.53. The zero-order chi connectivity index (χ0) is 27.8. The predicted molar refractivity (Wildman–Crippen MR) is 144 cm³/mol. The molecule has 0 bridgehead atoms. The van der Waals surface area contributed by atoms with E-state index >= 15 is 0 Å². The van der Waals surface area contributed by atoms with Gasteiger partial charge in [0, 0.05) is 50.0 Å². The van der Waals surface area contributed by atoms with Crippen LogP contribution in [0.15, 0.2) is 66.7 Å². The minimum absolute atomic E-state index is 0.0115. The van der Waals surface area contributed by atoms with Gasteiger partial charge in [0.2, 0.25) is 0 Å². The molecule has 1 aliphatic heterocycles. The van der Waals surface area contributed by atoms with Crippen LogP contribution in [0.3, 0.4) is 0 Å². The summed E-state index contributed by atoms with van der Waals surface area (Å²) in [5.41, 5.74) is 8.02. The highest BCUT2D eigenvalue weighted by Crippen LogP contribution is 2.19. The Labute approximate surface area is 225 Å². The summed E-state index contributed by atoms with van der Waals surface area (Å²) in [7, 11) is 0. The summed E-state index contributed by atoms with van der Waals surface area (Å²) in [5, 5.41) is 16.1. The summed E-state index contributed by atoms with van der Waals surface area (Å²) in [6.07, 6.45) is -0.861. The number of rotatable bonds is 9. The third-order valence-corrected chi connectivity index (χ3v) is 6.26. The summed E-state index contributed by atoms with van der Waals surface area (Å²) in [4.78, 5) is 29.2. The molecule has 3 aromatic rings. The second-order valence-corrected chi connectivity index (χ2v) is 9.24. The number of ether oxygens (including phenoxy) is 1.